The first-order valence-corrected chi connectivity index (χ1v) is 14.3. The molecular weight excluding hydrogens is 554 g/mol. The maximum atomic E-state index is 11.9. The minimum Gasteiger partial charge on any atom is -0.493 e. The molecule has 0 radical (unpaired) electrons. The number of hydrogen-bond acceptors (Lipinski definition) is 9. The van der Waals surface area contributed by atoms with Crippen LogP contribution in [0.2, 0.25) is 5.02 Å². The number of carbonyl (C=O) groups excluding carboxylic acids is 3. The third kappa shape index (κ3) is 7.97. The number of aryl methyl sites for hydroxylation is 1. The van der Waals surface area contributed by atoms with E-state index in [1.165, 1.54) is 0 Å². The van der Waals surface area contributed by atoms with E-state index < -0.39 is 27.9 Å². The number of imide groups is 1. The molecule has 0 saturated carbocycles. The van der Waals surface area contributed by atoms with Crippen molar-refractivity contribution in [1.82, 2.24) is 10.0 Å². The molecule has 1 fully saturated rings. The Bertz CT molecular complexity index is 1470. The number of halogens is 1. The van der Waals surface area contributed by atoms with Gasteiger partial charge in [0.15, 0.2) is 18.0 Å². The number of oxazole rings is 1. The van der Waals surface area contributed by atoms with Crippen molar-refractivity contribution in [2.75, 3.05) is 12.4 Å². The molecular formula is C25H27ClN3O9S+. The molecule has 1 aromatic carbocycles. The summed E-state index contributed by atoms with van der Waals surface area (Å²) in [6, 6.07) is 6.84. The van der Waals surface area contributed by atoms with Gasteiger partial charge in [-0.3, -0.25) is 14.1 Å². The summed E-state index contributed by atoms with van der Waals surface area (Å²) in [7, 11) is -4.03. The predicted molar refractivity (Wildman–Crippen MR) is 137 cm³/mol. The van der Waals surface area contributed by atoms with E-state index in [4.69, 9.17) is 30.1 Å². The van der Waals surface area contributed by atoms with E-state index in [1.807, 2.05) is 10.8 Å². The van der Waals surface area contributed by atoms with Gasteiger partial charge in [-0.2, -0.15) is 8.42 Å². The highest BCUT2D eigenvalue weighted by Gasteiger charge is 2.32. The normalized spacial score (nSPS) is 13.8. The molecule has 3 aromatic rings. The summed E-state index contributed by atoms with van der Waals surface area (Å²) in [5.41, 5.74) is 1.68. The van der Waals surface area contributed by atoms with Gasteiger partial charge < -0.3 is 14.0 Å². The highest BCUT2D eigenvalue weighted by Crippen LogP contribution is 2.30. The summed E-state index contributed by atoms with van der Waals surface area (Å²) in [4.78, 5) is 44.2. The van der Waals surface area contributed by atoms with Crippen molar-refractivity contribution in [1.29, 1.82) is 0 Å². The highest BCUT2D eigenvalue weighted by atomic mass is 35.5. The van der Waals surface area contributed by atoms with E-state index >= 15 is 0 Å². The van der Waals surface area contributed by atoms with Crippen LogP contribution >= 0.6 is 11.6 Å². The minimum absolute atomic E-state index is 0.0665. The van der Waals surface area contributed by atoms with Gasteiger partial charge in [0, 0.05) is 37.8 Å². The topological polar surface area (TPSA) is 157 Å². The SMILES string of the molecule is O=C(CCCCC[n+]1ccc(-c2nc3ccc(OCCCS(=O)(=O)O)cc3o2)c(Cl)c1)ON1C(=O)CCC1=O. The summed E-state index contributed by atoms with van der Waals surface area (Å²) in [6.07, 6.45) is 6.04. The van der Waals surface area contributed by atoms with Crippen LogP contribution in [0.25, 0.3) is 22.6 Å². The van der Waals surface area contributed by atoms with Crippen LogP contribution in [0.1, 0.15) is 44.9 Å². The van der Waals surface area contributed by atoms with Gasteiger partial charge in [0.05, 0.1) is 17.9 Å². The molecule has 0 unspecified atom stereocenters. The quantitative estimate of drug-likeness (QED) is 0.138. The number of pyridine rings is 1. The van der Waals surface area contributed by atoms with Crippen molar-refractivity contribution in [2.24, 2.45) is 0 Å². The Balaban J connectivity index is 1.25. The van der Waals surface area contributed by atoms with Gasteiger partial charge in [-0.1, -0.05) is 11.6 Å². The van der Waals surface area contributed by atoms with Crippen LogP contribution in [0.5, 0.6) is 5.75 Å². The number of nitrogens with zero attached hydrogens (tertiary/aromatic N) is 3. The lowest BCUT2D eigenvalue weighted by molar-refractivity contribution is -0.697. The summed E-state index contributed by atoms with van der Waals surface area (Å²) in [5, 5.41) is 0.997. The monoisotopic (exact) mass is 580 g/mol. The number of unbranched alkanes of at least 4 members (excludes halogenated alkanes) is 2. The van der Waals surface area contributed by atoms with Crippen LogP contribution in [-0.4, -0.2) is 53.2 Å². The molecule has 0 aliphatic carbocycles. The maximum absolute atomic E-state index is 11.9. The Labute approximate surface area is 229 Å². The van der Waals surface area contributed by atoms with E-state index in [1.54, 1.807) is 30.5 Å². The van der Waals surface area contributed by atoms with Crippen LogP contribution < -0.4 is 9.30 Å². The fraction of sp³-hybridized carbons (Fsp3) is 0.400. The summed E-state index contributed by atoms with van der Waals surface area (Å²) < 4.78 is 43.7. The molecule has 2 amide bonds. The van der Waals surface area contributed by atoms with E-state index in [0.29, 0.717) is 51.4 Å². The molecule has 3 heterocycles. The van der Waals surface area contributed by atoms with Gasteiger partial charge in [0.2, 0.25) is 5.89 Å². The molecule has 1 N–H and O–H groups in total. The van der Waals surface area contributed by atoms with Crippen LogP contribution in [0.4, 0.5) is 0 Å². The number of hydrogen-bond donors (Lipinski definition) is 1. The van der Waals surface area contributed by atoms with Crippen molar-refractivity contribution in [3.05, 3.63) is 41.7 Å². The fourth-order valence-electron chi connectivity index (χ4n) is 3.91. The second-order valence-corrected chi connectivity index (χ2v) is 10.9. The van der Waals surface area contributed by atoms with Crippen LogP contribution in [0.15, 0.2) is 41.1 Å². The molecule has 0 bridgehead atoms. The molecule has 12 nitrogen and oxygen atoms in total. The van der Waals surface area contributed by atoms with Crippen LogP contribution in [0, 0.1) is 0 Å². The Morgan fingerprint density at radius 2 is 1.90 bits per heavy atom. The van der Waals surface area contributed by atoms with Crippen LogP contribution in [-0.2, 0) is 35.9 Å². The smallest absolute Gasteiger partial charge is 0.333 e. The summed E-state index contributed by atoms with van der Waals surface area (Å²) >= 11 is 6.49. The lowest BCUT2D eigenvalue weighted by atomic mass is 10.2. The predicted octanol–water partition coefficient (Wildman–Crippen LogP) is 3.26. The maximum Gasteiger partial charge on any atom is 0.333 e. The van der Waals surface area contributed by atoms with Crippen molar-refractivity contribution in [3.63, 3.8) is 0 Å². The first kappa shape index (κ1) is 28.5. The Kier molecular flexibility index (Phi) is 9.15. The van der Waals surface area contributed by atoms with E-state index in [0.717, 1.165) is 12.8 Å². The highest BCUT2D eigenvalue weighted by molar-refractivity contribution is 7.85. The van der Waals surface area contributed by atoms with E-state index in [2.05, 4.69) is 4.98 Å². The van der Waals surface area contributed by atoms with Crippen molar-refractivity contribution in [3.8, 4) is 17.2 Å². The molecule has 1 aliphatic rings. The second-order valence-electron chi connectivity index (χ2n) is 8.94. The zero-order valence-electron chi connectivity index (χ0n) is 20.9. The van der Waals surface area contributed by atoms with Gasteiger partial charge >= 0.3 is 5.97 Å². The number of carbonyl (C=O) groups is 3. The molecule has 1 saturated heterocycles. The van der Waals surface area contributed by atoms with Crippen LogP contribution in [0.3, 0.4) is 0 Å². The minimum atomic E-state index is -4.03. The Hall–Kier alpha value is -3.55. The van der Waals surface area contributed by atoms with Crippen molar-refractivity contribution >= 4 is 50.6 Å². The lowest BCUT2D eigenvalue weighted by Gasteiger charge is -2.12. The number of ether oxygens (including phenoxy) is 1. The van der Waals surface area contributed by atoms with Gasteiger partial charge in [0.25, 0.3) is 21.9 Å². The standard InChI is InChI=1S/C25H26ClN3O9S/c26-19-16-28(11-3-1-2-5-24(32)38-29-22(30)8-9-23(29)31)12-10-18(19)25-27-20-7-6-17(15-21(20)37-25)36-13-4-14-39(33,34)35/h6-7,10,12,15-16H,1-5,8-9,11,13-14H2/p+1. The van der Waals surface area contributed by atoms with Crippen molar-refractivity contribution < 1.29 is 45.9 Å². The van der Waals surface area contributed by atoms with Gasteiger partial charge in [-0.15, -0.1) is 5.06 Å². The zero-order chi connectivity index (χ0) is 28.0. The van der Waals surface area contributed by atoms with E-state index in [9.17, 15) is 22.8 Å². The molecule has 1 aliphatic heterocycles. The second kappa shape index (κ2) is 12.5. The number of benzene rings is 1. The lowest BCUT2D eigenvalue weighted by Crippen LogP contribution is -2.33. The van der Waals surface area contributed by atoms with Crippen molar-refractivity contribution in [2.45, 2.75) is 51.5 Å². The molecule has 0 spiro atoms. The molecule has 14 heteroatoms. The van der Waals surface area contributed by atoms with E-state index in [-0.39, 0.29) is 38.0 Å². The van der Waals surface area contributed by atoms with Gasteiger partial charge in [-0.05, 0) is 31.4 Å². The summed E-state index contributed by atoms with van der Waals surface area (Å²) in [5.74, 6) is -1.16. The molecule has 0 atom stereocenters. The number of amides is 2. The average molecular weight is 581 g/mol. The zero-order valence-corrected chi connectivity index (χ0v) is 22.4. The molecule has 2 aromatic heterocycles. The number of fused-ring (bicyclic) bond motifs is 1. The summed E-state index contributed by atoms with van der Waals surface area (Å²) in [6.45, 7) is 0.769. The average Bonchev–Trinajstić information content (AvgIpc) is 3.44. The number of rotatable bonds is 13. The Morgan fingerprint density at radius 3 is 2.62 bits per heavy atom. The molecule has 208 valence electrons. The third-order valence-corrected chi connectivity index (χ3v) is 6.98. The molecule has 4 rings (SSSR count). The Morgan fingerprint density at radius 1 is 1.13 bits per heavy atom. The number of aromatic nitrogens is 2. The first-order chi connectivity index (χ1) is 18.6. The fourth-order valence-corrected chi connectivity index (χ4v) is 4.66. The van der Waals surface area contributed by atoms with Gasteiger partial charge in [0.1, 0.15) is 22.8 Å². The largest absolute Gasteiger partial charge is 0.493 e. The third-order valence-electron chi connectivity index (χ3n) is 5.87. The van der Waals surface area contributed by atoms with Gasteiger partial charge in [-0.25, -0.2) is 14.3 Å². The molecule has 39 heavy (non-hydrogen) atoms. The number of hydroxylamine groups is 2. The first-order valence-electron chi connectivity index (χ1n) is 12.3.